The zero-order valence-electron chi connectivity index (χ0n) is 16.6. The Morgan fingerprint density at radius 2 is 1.76 bits per heavy atom. The summed E-state index contributed by atoms with van der Waals surface area (Å²) in [6.07, 6.45) is -3.51. The van der Waals surface area contributed by atoms with E-state index in [0.717, 1.165) is 23.9 Å². The van der Waals surface area contributed by atoms with Crippen LogP contribution in [0.15, 0.2) is 30.5 Å². The number of rotatable bonds is 3. The van der Waals surface area contributed by atoms with E-state index in [-0.39, 0.29) is 11.5 Å². The minimum Gasteiger partial charge on any atom is -0.353 e. The van der Waals surface area contributed by atoms with Gasteiger partial charge >= 0.3 is 6.18 Å². The molecule has 3 aromatic heterocycles. The van der Waals surface area contributed by atoms with E-state index < -0.39 is 11.7 Å². The molecule has 0 bridgehead atoms. The molecule has 0 unspecified atom stereocenters. The highest BCUT2D eigenvalue weighted by atomic mass is 19.4. The third-order valence-electron chi connectivity index (χ3n) is 5.09. The van der Waals surface area contributed by atoms with E-state index >= 15 is 0 Å². The number of fused-ring (bicyclic) bond motifs is 1. The van der Waals surface area contributed by atoms with E-state index in [4.69, 9.17) is 0 Å². The summed E-state index contributed by atoms with van der Waals surface area (Å²) in [7, 11) is 1.84. The molecule has 0 saturated carbocycles. The van der Waals surface area contributed by atoms with Crippen LogP contribution in [0, 0.1) is 0 Å². The highest BCUT2D eigenvalue weighted by Gasteiger charge is 2.34. The molecular weight excluding hydrogens is 383 g/mol. The molecule has 0 spiro atoms. The average Bonchev–Trinajstić information content (AvgIpc) is 3.03. The van der Waals surface area contributed by atoms with Crippen LogP contribution in [0.4, 0.5) is 24.8 Å². The summed E-state index contributed by atoms with van der Waals surface area (Å²) >= 11 is 0. The van der Waals surface area contributed by atoms with Gasteiger partial charge in [-0.3, -0.25) is 0 Å². The Kier molecular flexibility index (Phi) is 4.39. The first-order chi connectivity index (χ1) is 13.5. The zero-order chi connectivity index (χ0) is 21.0. The van der Waals surface area contributed by atoms with Gasteiger partial charge in [0, 0.05) is 31.7 Å². The Balaban J connectivity index is 1.47. The van der Waals surface area contributed by atoms with Crippen LogP contribution in [0.25, 0.3) is 5.65 Å². The molecular formula is C19H22F3N7. The van der Waals surface area contributed by atoms with Gasteiger partial charge in [0.15, 0.2) is 11.5 Å². The monoisotopic (exact) mass is 405 g/mol. The van der Waals surface area contributed by atoms with Crippen molar-refractivity contribution < 1.29 is 13.2 Å². The molecule has 10 heteroatoms. The number of aromatic nitrogens is 5. The zero-order valence-corrected chi connectivity index (χ0v) is 16.6. The molecule has 0 atom stereocenters. The van der Waals surface area contributed by atoms with Crippen molar-refractivity contribution in [1.29, 1.82) is 0 Å². The highest BCUT2D eigenvalue weighted by Crippen LogP contribution is 2.30. The van der Waals surface area contributed by atoms with E-state index in [1.54, 1.807) is 4.52 Å². The Hall–Kier alpha value is -2.91. The molecule has 1 fully saturated rings. The maximum Gasteiger partial charge on any atom is 0.417 e. The van der Waals surface area contributed by atoms with Crippen LogP contribution < -0.4 is 9.80 Å². The van der Waals surface area contributed by atoms with Gasteiger partial charge in [0.2, 0.25) is 0 Å². The van der Waals surface area contributed by atoms with Crippen molar-refractivity contribution in [2.75, 3.05) is 29.9 Å². The quantitative estimate of drug-likeness (QED) is 0.667. The van der Waals surface area contributed by atoms with E-state index in [1.165, 1.54) is 6.07 Å². The second kappa shape index (κ2) is 6.57. The van der Waals surface area contributed by atoms with Crippen molar-refractivity contribution in [3.05, 3.63) is 41.9 Å². The molecule has 0 radical (unpaired) electrons. The predicted octanol–water partition coefficient (Wildman–Crippen LogP) is 3.16. The van der Waals surface area contributed by atoms with Crippen molar-refractivity contribution in [2.24, 2.45) is 0 Å². The van der Waals surface area contributed by atoms with Crippen LogP contribution in [-0.2, 0) is 11.6 Å². The first-order valence-electron chi connectivity index (χ1n) is 9.28. The van der Waals surface area contributed by atoms with E-state index in [0.29, 0.717) is 24.6 Å². The van der Waals surface area contributed by atoms with Crippen LogP contribution in [0.5, 0.6) is 0 Å². The Bertz CT molecular complexity index is 1010. The number of pyridine rings is 1. The molecule has 3 aromatic rings. The van der Waals surface area contributed by atoms with Crippen LogP contribution in [0.1, 0.15) is 32.2 Å². The number of halogens is 3. The summed E-state index contributed by atoms with van der Waals surface area (Å²) in [5, 5.41) is 13.1. The standard InChI is InChI=1S/C19H22F3N7/c1-18(2,3)17-25-24-15-7-8-16(26-29(15)17)28-10-13(11-28)27(4)14-6-5-12(9-23-14)19(20,21)22/h5-9,13H,10-11H2,1-4H3. The van der Waals surface area contributed by atoms with Crippen molar-refractivity contribution in [3.63, 3.8) is 0 Å². The number of hydrogen-bond donors (Lipinski definition) is 0. The molecule has 0 N–H and O–H groups in total. The smallest absolute Gasteiger partial charge is 0.353 e. The molecule has 0 amide bonds. The molecule has 1 aliphatic heterocycles. The van der Waals surface area contributed by atoms with Gasteiger partial charge in [-0.2, -0.15) is 17.7 Å². The third kappa shape index (κ3) is 3.58. The van der Waals surface area contributed by atoms with Crippen LogP contribution in [-0.4, -0.2) is 51.0 Å². The van der Waals surface area contributed by atoms with Gasteiger partial charge in [0.05, 0.1) is 11.6 Å². The van der Waals surface area contributed by atoms with Crippen molar-refractivity contribution >= 4 is 17.3 Å². The van der Waals surface area contributed by atoms with Crippen LogP contribution in [0.3, 0.4) is 0 Å². The fraction of sp³-hybridized carbons (Fsp3) is 0.474. The van der Waals surface area contributed by atoms with Crippen molar-refractivity contribution in [2.45, 2.75) is 38.4 Å². The first kappa shape index (κ1) is 19.4. The summed E-state index contributed by atoms with van der Waals surface area (Å²) in [6, 6.07) is 6.40. The summed E-state index contributed by atoms with van der Waals surface area (Å²) in [4.78, 5) is 7.98. The summed E-state index contributed by atoms with van der Waals surface area (Å²) in [6.45, 7) is 7.58. The second-order valence-electron chi connectivity index (χ2n) is 8.31. The summed E-state index contributed by atoms with van der Waals surface area (Å²) in [5.41, 5.74) is -0.232. The Labute approximate surface area is 166 Å². The number of anilines is 2. The minimum atomic E-state index is -4.38. The molecule has 4 rings (SSSR count). The topological polar surface area (TPSA) is 62.5 Å². The molecule has 154 valence electrons. The molecule has 1 aliphatic rings. The maximum atomic E-state index is 12.7. The van der Waals surface area contributed by atoms with E-state index in [2.05, 4.69) is 46.0 Å². The fourth-order valence-electron chi connectivity index (χ4n) is 3.25. The average molecular weight is 405 g/mol. The number of alkyl halides is 3. The minimum absolute atomic E-state index is 0.139. The molecule has 0 aliphatic carbocycles. The summed E-state index contributed by atoms with van der Waals surface area (Å²) in [5.74, 6) is 2.12. The third-order valence-corrected chi connectivity index (χ3v) is 5.09. The number of likely N-dealkylation sites (N-methyl/N-ethyl adjacent to an activating group) is 1. The highest BCUT2D eigenvalue weighted by molar-refractivity contribution is 5.51. The lowest BCUT2D eigenvalue weighted by atomic mass is 9.96. The molecule has 4 heterocycles. The second-order valence-corrected chi connectivity index (χ2v) is 8.31. The maximum absolute atomic E-state index is 12.7. The molecule has 29 heavy (non-hydrogen) atoms. The first-order valence-corrected chi connectivity index (χ1v) is 9.28. The van der Waals surface area contributed by atoms with Gasteiger partial charge in [-0.05, 0) is 24.3 Å². The normalized spacial score (nSPS) is 15.6. The Morgan fingerprint density at radius 1 is 1.03 bits per heavy atom. The Morgan fingerprint density at radius 3 is 2.34 bits per heavy atom. The molecule has 7 nitrogen and oxygen atoms in total. The lowest BCUT2D eigenvalue weighted by molar-refractivity contribution is -0.137. The predicted molar refractivity (Wildman–Crippen MR) is 103 cm³/mol. The lowest BCUT2D eigenvalue weighted by Gasteiger charge is -2.45. The lowest BCUT2D eigenvalue weighted by Crippen LogP contribution is -2.59. The molecule has 0 aromatic carbocycles. The largest absolute Gasteiger partial charge is 0.417 e. The van der Waals surface area contributed by atoms with Crippen LogP contribution in [0.2, 0.25) is 0 Å². The summed E-state index contributed by atoms with van der Waals surface area (Å²) < 4.78 is 39.9. The van der Waals surface area contributed by atoms with Crippen LogP contribution >= 0.6 is 0 Å². The van der Waals surface area contributed by atoms with Gasteiger partial charge in [0.25, 0.3) is 0 Å². The molecule has 1 saturated heterocycles. The van der Waals surface area contributed by atoms with Gasteiger partial charge in [0.1, 0.15) is 11.6 Å². The van der Waals surface area contributed by atoms with Crippen molar-refractivity contribution in [1.82, 2.24) is 24.8 Å². The van der Waals surface area contributed by atoms with Gasteiger partial charge in [-0.25, -0.2) is 4.98 Å². The SMILES string of the molecule is CN(c1ccc(C(F)(F)F)cn1)C1CN(c2ccc3nnc(C(C)(C)C)n3n2)C1. The van der Waals surface area contributed by atoms with Gasteiger partial charge in [-0.1, -0.05) is 20.8 Å². The van der Waals surface area contributed by atoms with E-state index in [1.807, 2.05) is 24.1 Å². The number of nitrogens with zero attached hydrogens (tertiary/aromatic N) is 7. The fourth-order valence-corrected chi connectivity index (χ4v) is 3.25. The van der Waals surface area contributed by atoms with E-state index in [9.17, 15) is 13.2 Å². The van der Waals surface area contributed by atoms with Gasteiger partial charge < -0.3 is 9.80 Å². The number of hydrogen-bond acceptors (Lipinski definition) is 6. The van der Waals surface area contributed by atoms with Crippen molar-refractivity contribution in [3.8, 4) is 0 Å². The van der Waals surface area contributed by atoms with Gasteiger partial charge in [-0.15, -0.1) is 15.3 Å².